The third-order valence-electron chi connectivity index (χ3n) is 2.83. The summed E-state index contributed by atoms with van der Waals surface area (Å²) >= 11 is 5.91. The first-order valence-electron chi connectivity index (χ1n) is 6.04. The normalized spacial score (nSPS) is 11.0. The number of aromatic carboxylic acids is 1. The van der Waals surface area contributed by atoms with Crippen LogP contribution < -0.4 is 9.46 Å². The average molecular weight is 342 g/mol. The molecule has 2 aromatic carbocycles. The van der Waals surface area contributed by atoms with Crippen LogP contribution in [0.5, 0.6) is 5.75 Å². The van der Waals surface area contributed by atoms with Crippen LogP contribution in [-0.2, 0) is 10.0 Å². The van der Waals surface area contributed by atoms with Crippen molar-refractivity contribution in [3.8, 4) is 5.75 Å². The number of hydrogen-bond acceptors (Lipinski definition) is 4. The van der Waals surface area contributed by atoms with E-state index < -0.39 is 16.0 Å². The molecule has 0 aromatic heterocycles. The molecule has 0 aliphatic heterocycles. The fraction of sp³-hybridized carbons (Fsp3) is 0.0714. The predicted molar refractivity (Wildman–Crippen MR) is 82.2 cm³/mol. The number of rotatable bonds is 5. The summed E-state index contributed by atoms with van der Waals surface area (Å²) in [5.74, 6) is -1.21. The molecule has 116 valence electrons. The van der Waals surface area contributed by atoms with Crippen LogP contribution in [0.2, 0.25) is 5.02 Å². The molecule has 0 fully saturated rings. The molecule has 0 heterocycles. The van der Waals surface area contributed by atoms with Crippen LogP contribution in [0.4, 0.5) is 5.69 Å². The van der Waals surface area contributed by atoms with Gasteiger partial charge in [0, 0.05) is 0 Å². The van der Waals surface area contributed by atoms with E-state index >= 15 is 0 Å². The quantitative estimate of drug-likeness (QED) is 0.872. The number of anilines is 1. The third-order valence-corrected chi connectivity index (χ3v) is 4.52. The summed E-state index contributed by atoms with van der Waals surface area (Å²) in [5, 5.41) is 9.34. The van der Waals surface area contributed by atoms with E-state index in [2.05, 4.69) is 4.72 Å². The van der Waals surface area contributed by atoms with E-state index in [-0.39, 0.29) is 26.9 Å². The number of methoxy groups -OCH3 is 1. The van der Waals surface area contributed by atoms with E-state index in [0.717, 1.165) is 6.07 Å². The molecule has 0 saturated carbocycles. The lowest BCUT2D eigenvalue weighted by Crippen LogP contribution is -2.14. The third kappa shape index (κ3) is 3.32. The molecule has 2 N–H and O–H groups in total. The maximum Gasteiger partial charge on any atom is 0.339 e. The number of sulfonamides is 1. The van der Waals surface area contributed by atoms with Gasteiger partial charge >= 0.3 is 5.97 Å². The molecule has 0 aliphatic carbocycles. The minimum atomic E-state index is -3.97. The highest BCUT2D eigenvalue weighted by atomic mass is 35.5. The van der Waals surface area contributed by atoms with Gasteiger partial charge < -0.3 is 9.84 Å². The number of para-hydroxylation sites is 1. The van der Waals surface area contributed by atoms with Crippen molar-refractivity contribution in [2.45, 2.75) is 4.90 Å². The summed E-state index contributed by atoms with van der Waals surface area (Å²) < 4.78 is 31.9. The maximum atomic E-state index is 12.3. The fourth-order valence-corrected chi connectivity index (χ4v) is 3.11. The molecule has 6 nitrogen and oxygen atoms in total. The topological polar surface area (TPSA) is 92.7 Å². The number of carboxylic acid groups (broad SMARTS) is 1. The van der Waals surface area contributed by atoms with Crippen molar-refractivity contribution in [3.05, 3.63) is 53.1 Å². The van der Waals surface area contributed by atoms with Crippen molar-refractivity contribution in [2.75, 3.05) is 11.8 Å². The zero-order chi connectivity index (χ0) is 16.3. The van der Waals surface area contributed by atoms with Crippen molar-refractivity contribution in [3.63, 3.8) is 0 Å². The van der Waals surface area contributed by atoms with Gasteiger partial charge in [-0.1, -0.05) is 23.7 Å². The number of ether oxygens (including phenoxy) is 1. The van der Waals surface area contributed by atoms with Gasteiger partial charge in [0.15, 0.2) is 0 Å². The molecule has 0 radical (unpaired) electrons. The standard InChI is InChI=1S/C14H12ClNO5S/c1-21-13-7-6-9(8-10(13)14(17)18)22(19,20)16-12-5-3-2-4-11(12)15/h2-8,16H,1H3,(H,17,18). The Labute approximate surface area is 132 Å². The molecule has 0 spiro atoms. The molecular weight excluding hydrogens is 330 g/mol. The van der Waals surface area contributed by atoms with E-state index in [9.17, 15) is 13.2 Å². The second kappa shape index (κ2) is 6.25. The first-order chi connectivity index (χ1) is 10.3. The lowest BCUT2D eigenvalue weighted by atomic mass is 10.2. The van der Waals surface area contributed by atoms with Crippen LogP contribution in [0.1, 0.15) is 10.4 Å². The van der Waals surface area contributed by atoms with E-state index in [1.165, 1.54) is 31.4 Å². The number of carboxylic acids is 1. The van der Waals surface area contributed by atoms with Gasteiger partial charge in [-0.3, -0.25) is 4.72 Å². The second-order valence-electron chi connectivity index (χ2n) is 4.25. The molecule has 2 rings (SSSR count). The SMILES string of the molecule is COc1ccc(S(=O)(=O)Nc2ccccc2Cl)cc1C(=O)O. The summed E-state index contributed by atoms with van der Waals surface area (Å²) in [4.78, 5) is 11.0. The molecule has 2 aromatic rings. The number of carbonyl (C=O) groups is 1. The van der Waals surface area contributed by atoms with Gasteiger partial charge in [-0.2, -0.15) is 0 Å². The van der Waals surface area contributed by atoms with E-state index in [1.807, 2.05) is 0 Å². The minimum absolute atomic E-state index is 0.0733. The Balaban J connectivity index is 2.44. The Kier molecular flexibility index (Phi) is 4.58. The van der Waals surface area contributed by atoms with E-state index in [1.54, 1.807) is 12.1 Å². The summed E-state index contributed by atoms with van der Waals surface area (Å²) in [6, 6.07) is 9.89. The Morgan fingerprint density at radius 1 is 1.23 bits per heavy atom. The average Bonchev–Trinajstić information content (AvgIpc) is 2.48. The van der Waals surface area contributed by atoms with Gasteiger partial charge in [-0.15, -0.1) is 0 Å². The minimum Gasteiger partial charge on any atom is -0.496 e. The monoisotopic (exact) mass is 341 g/mol. The first kappa shape index (κ1) is 16.1. The molecule has 0 unspecified atom stereocenters. The predicted octanol–water partition coefficient (Wildman–Crippen LogP) is 2.85. The van der Waals surface area contributed by atoms with E-state index in [4.69, 9.17) is 21.4 Å². The van der Waals surface area contributed by atoms with E-state index in [0.29, 0.717) is 0 Å². The van der Waals surface area contributed by atoms with Crippen molar-refractivity contribution >= 4 is 33.3 Å². The highest BCUT2D eigenvalue weighted by Gasteiger charge is 2.20. The molecule has 0 saturated heterocycles. The van der Waals surface area contributed by atoms with Crippen LogP contribution in [-0.4, -0.2) is 26.6 Å². The van der Waals surface area contributed by atoms with Crippen LogP contribution in [0, 0.1) is 0 Å². The van der Waals surface area contributed by atoms with Gasteiger partial charge in [0.2, 0.25) is 0 Å². The number of hydrogen-bond donors (Lipinski definition) is 2. The number of benzene rings is 2. The largest absolute Gasteiger partial charge is 0.496 e. The summed E-state index contributed by atoms with van der Waals surface area (Å²) in [7, 11) is -2.67. The molecular formula is C14H12ClNO5S. The fourth-order valence-electron chi connectivity index (χ4n) is 1.77. The van der Waals surface area contributed by atoms with Gasteiger partial charge in [0.05, 0.1) is 22.7 Å². The van der Waals surface area contributed by atoms with Crippen LogP contribution in [0.15, 0.2) is 47.4 Å². The van der Waals surface area contributed by atoms with Gasteiger partial charge in [0.1, 0.15) is 11.3 Å². The van der Waals surface area contributed by atoms with Crippen LogP contribution in [0.25, 0.3) is 0 Å². The molecule has 0 bridgehead atoms. The molecule has 0 amide bonds. The Morgan fingerprint density at radius 3 is 2.50 bits per heavy atom. The zero-order valence-corrected chi connectivity index (χ0v) is 13.0. The Hall–Kier alpha value is -2.25. The lowest BCUT2D eigenvalue weighted by molar-refractivity contribution is 0.0693. The summed E-state index contributed by atoms with van der Waals surface area (Å²) in [6.45, 7) is 0. The highest BCUT2D eigenvalue weighted by molar-refractivity contribution is 7.92. The number of nitrogens with one attached hydrogen (secondary N) is 1. The van der Waals surface area contributed by atoms with Crippen LogP contribution >= 0.6 is 11.6 Å². The highest BCUT2D eigenvalue weighted by Crippen LogP contribution is 2.26. The van der Waals surface area contributed by atoms with Crippen molar-refractivity contribution in [2.24, 2.45) is 0 Å². The van der Waals surface area contributed by atoms with Crippen molar-refractivity contribution in [1.82, 2.24) is 0 Å². The van der Waals surface area contributed by atoms with Gasteiger partial charge in [-0.25, -0.2) is 13.2 Å². The Bertz CT molecular complexity index is 820. The molecule has 22 heavy (non-hydrogen) atoms. The summed E-state index contributed by atoms with van der Waals surface area (Å²) in [5.41, 5.74) is -0.0404. The van der Waals surface area contributed by atoms with Crippen molar-refractivity contribution in [1.29, 1.82) is 0 Å². The summed E-state index contributed by atoms with van der Waals surface area (Å²) in [6.07, 6.45) is 0. The first-order valence-corrected chi connectivity index (χ1v) is 7.90. The smallest absolute Gasteiger partial charge is 0.339 e. The second-order valence-corrected chi connectivity index (χ2v) is 6.34. The maximum absolute atomic E-state index is 12.3. The van der Waals surface area contributed by atoms with Crippen molar-refractivity contribution < 1.29 is 23.1 Å². The molecule has 0 atom stereocenters. The number of halogens is 1. The van der Waals surface area contributed by atoms with Gasteiger partial charge in [0.25, 0.3) is 10.0 Å². The van der Waals surface area contributed by atoms with Gasteiger partial charge in [-0.05, 0) is 30.3 Å². The Morgan fingerprint density at radius 2 is 1.91 bits per heavy atom. The molecule has 0 aliphatic rings. The lowest BCUT2D eigenvalue weighted by Gasteiger charge is -2.11. The zero-order valence-electron chi connectivity index (χ0n) is 11.4. The van der Waals surface area contributed by atoms with Crippen LogP contribution in [0.3, 0.4) is 0 Å². The molecule has 8 heteroatoms.